The van der Waals surface area contributed by atoms with E-state index in [9.17, 15) is 9.90 Å². The first kappa shape index (κ1) is 10.8. The maximum Gasteiger partial charge on any atom is 0.350 e. The Morgan fingerprint density at radius 3 is 3.06 bits per heavy atom. The number of fused-ring (bicyclic) bond motifs is 3. The van der Waals surface area contributed by atoms with Crippen LogP contribution < -0.4 is 10.4 Å². The fraction of sp³-hybridized carbons (Fsp3) is 0.250. The molecule has 0 aliphatic carbocycles. The van der Waals surface area contributed by atoms with Crippen LogP contribution in [0.15, 0.2) is 31.9 Å². The van der Waals surface area contributed by atoms with E-state index < -0.39 is 11.7 Å². The minimum absolute atomic E-state index is 0.277. The zero-order valence-electron chi connectivity index (χ0n) is 8.77. The second-order valence-electron chi connectivity index (χ2n) is 4.01. The van der Waals surface area contributed by atoms with Crippen molar-refractivity contribution >= 4 is 26.9 Å². The highest BCUT2D eigenvalue weighted by Crippen LogP contribution is 2.32. The Morgan fingerprint density at radius 2 is 2.24 bits per heavy atom. The van der Waals surface area contributed by atoms with Gasteiger partial charge in [-0.3, -0.25) is 0 Å². The molecule has 1 atom stereocenters. The fourth-order valence-electron chi connectivity index (χ4n) is 2.01. The molecule has 2 aromatic rings. The molecule has 1 aromatic heterocycles. The summed E-state index contributed by atoms with van der Waals surface area (Å²) in [4.78, 5) is 11.5. The molecule has 0 spiro atoms. The molecule has 5 heteroatoms. The molecule has 1 aromatic carbocycles. The Morgan fingerprint density at radius 1 is 1.41 bits per heavy atom. The Kier molecular flexibility index (Phi) is 2.45. The normalized spacial score (nSPS) is 18.8. The molecule has 3 rings (SSSR count). The Labute approximate surface area is 105 Å². The quantitative estimate of drug-likeness (QED) is 0.754. The molecule has 0 saturated carbocycles. The summed E-state index contributed by atoms with van der Waals surface area (Å²) in [6.07, 6.45) is -0.112. The van der Waals surface area contributed by atoms with Crippen LogP contribution in [0.25, 0.3) is 11.0 Å². The first-order valence-electron chi connectivity index (χ1n) is 5.21. The van der Waals surface area contributed by atoms with Crippen molar-refractivity contribution < 1.29 is 14.3 Å². The predicted molar refractivity (Wildman–Crippen MR) is 65.4 cm³/mol. The minimum Gasteiger partial charge on any atom is -0.490 e. The Bertz CT molecular complexity index is 647. The first-order chi connectivity index (χ1) is 8.15. The SMILES string of the molecule is O=c1oc2c3c(ccc2cc1Br)OCC(O)C3. The average molecular weight is 297 g/mol. The van der Waals surface area contributed by atoms with Gasteiger partial charge in [0.25, 0.3) is 0 Å². The van der Waals surface area contributed by atoms with Crippen molar-refractivity contribution in [1.82, 2.24) is 0 Å². The second-order valence-corrected chi connectivity index (χ2v) is 4.87. The zero-order chi connectivity index (χ0) is 12.0. The van der Waals surface area contributed by atoms with Crippen LogP contribution >= 0.6 is 15.9 Å². The van der Waals surface area contributed by atoms with E-state index in [0.29, 0.717) is 22.2 Å². The highest BCUT2D eigenvalue weighted by Gasteiger charge is 2.21. The number of ether oxygens (including phenoxy) is 1. The van der Waals surface area contributed by atoms with Gasteiger partial charge in [-0.15, -0.1) is 0 Å². The van der Waals surface area contributed by atoms with E-state index >= 15 is 0 Å². The van der Waals surface area contributed by atoms with Crippen LogP contribution in [0.3, 0.4) is 0 Å². The van der Waals surface area contributed by atoms with Crippen molar-refractivity contribution in [1.29, 1.82) is 0 Å². The molecular weight excluding hydrogens is 288 g/mol. The summed E-state index contributed by atoms with van der Waals surface area (Å²) in [6, 6.07) is 5.37. The maximum atomic E-state index is 11.5. The molecule has 2 heterocycles. The van der Waals surface area contributed by atoms with Gasteiger partial charge in [-0.25, -0.2) is 4.79 Å². The number of rotatable bonds is 0. The topological polar surface area (TPSA) is 59.7 Å². The third-order valence-electron chi connectivity index (χ3n) is 2.79. The molecule has 88 valence electrons. The Hall–Kier alpha value is -1.33. The molecule has 17 heavy (non-hydrogen) atoms. The van der Waals surface area contributed by atoms with Gasteiger partial charge in [0, 0.05) is 17.4 Å². The van der Waals surface area contributed by atoms with E-state index in [2.05, 4.69) is 15.9 Å². The second kappa shape index (κ2) is 3.85. The minimum atomic E-state index is -0.554. The zero-order valence-corrected chi connectivity index (χ0v) is 10.4. The van der Waals surface area contributed by atoms with E-state index in [1.807, 2.05) is 12.1 Å². The van der Waals surface area contributed by atoms with Crippen LogP contribution in [0.2, 0.25) is 0 Å². The van der Waals surface area contributed by atoms with E-state index in [0.717, 1.165) is 10.9 Å². The van der Waals surface area contributed by atoms with Gasteiger partial charge < -0.3 is 14.3 Å². The van der Waals surface area contributed by atoms with E-state index in [1.54, 1.807) is 6.07 Å². The lowest BCUT2D eigenvalue weighted by molar-refractivity contribution is 0.0922. The summed E-state index contributed by atoms with van der Waals surface area (Å²) in [7, 11) is 0. The van der Waals surface area contributed by atoms with Crippen LogP contribution in [-0.4, -0.2) is 17.8 Å². The van der Waals surface area contributed by atoms with Crippen LogP contribution in [0.1, 0.15) is 5.56 Å². The summed E-state index contributed by atoms with van der Waals surface area (Å²) in [5.74, 6) is 0.674. The molecule has 1 aliphatic rings. The lowest BCUT2D eigenvalue weighted by Crippen LogP contribution is -2.25. The van der Waals surface area contributed by atoms with E-state index in [-0.39, 0.29) is 6.61 Å². The molecule has 1 unspecified atom stereocenters. The number of aliphatic hydroxyl groups excluding tert-OH is 1. The fourth-order valence-corrected chi connectivity index (χ4v) is 2.34. The highest BCUT2D eigenvalue weighted by atomic mass is 79.9. The monoisotopic (exact) mass is 296 g/mol. The smallest absolute Gasteiger partial charge is 0.350 e. The Balaban J connectivity index is 2.33. The summed E-state index contributed by atoms with van der Waals surface area (Å²) < 4.78 is 11.0. The molecule has 0 fully saturated rings. The molecule has 0 saturated heterocycles. The summed E-state index contributed by atoms with van der Waals surface area (Å²) in [5, 5.41) is 10.4. The van der Waals surface area contributed by atoms with Gasteiger partial charge >= 0.3 is 5.63 Å². The molecule has 0 amide bonds. The van der Waals surface area contributed by atoms with Gasteiger partial charge in [-0.05, 0) is 34.1 Å². The van der Waals surface area contributed by atoms with Gasteiger partial charge in [0.05, 0.1) is 6.10 Å². The van der Waals surface area contributed by atoms with Crippen molar-refractivity contribution in [2.45, 2.75) is 12.5 Å². The van der Waals surface area contributed by atoms with E-state index in [1.165, 1.54) is 0 Å². The largest absolute Gasteiger partial charge is 0.490 e. The van der Waals surface area contributed by atoms with Crippen LogP contribution in [0, 0.1) is 0 Å². The van der Waals surface area contributed by atoms with Gasteiger partial charge in [-0.2, -0.15) is 0 Å². The van der Waals surface area contributed by atoms with Crippen LogP contribution in [0.5, 0.6) is 5.75 Å². The van der Waals surface area contributed by atoms with Crippen molar-refractivity contribution in [3.8, 4) is 5.75 Å². The molecule has 1 aliphatic heterocycles. The number of hydrogen-bond acceptors (Lipinski definition) is 4. The van der Waals surface area contributed by atoms with Crippen molar-refractivity contribution in [2.75, 3.05) is 6.61 Å². The number of aliphatic hydroxyl groups is 1. The maximum absolute atomic E-state index is 11.5. The van der Waals surface area contributed by atoms with Crippen LogP contribution in [-0.2, 0) is 6.42 Å². The van der Waals surface area contributed by atoms with Gasteiger partial charge in [-0.1, -0.05) is 0 Å². The number of benzene rings is 1. The lowest BCUT2D eigenvalue weighted by Gasteiger charge is -2.22. The summed E-state index contributed by atoms with van der Waals surface area (Å²) >= 11 is 3.14. The van der Waals surface area contributed by atoms with Crippen molar-refractivity contribution in [2.24, 2.45) is 0 Å². The first-order valence-corrected chi connectivity index (χ1v) is 6.00. The third-order valence-corrected chi connectivity index (χ3v) is 3.34. The molecule has 1 N–H and O–H groups in total. The van der Waals surface area contributed by atoms with Gasteiger partial charge in [0.15, 0.2) is 0 Å². The molecular formula is C12H9BrO4. The van der Waals surface area contributed by atoms with Gasteiger partial charge in [0.1, 0.15) is 22.4 Å². The number of halogens is 1. The van der Waals surface area contributed by atoms with Crippen molar-refractivity contribution in [3.63, 3.8) is 0 Å². The lowest BCUT2D eigenvalue weighted by atomic mass is 10.0. The third kappa shape index (κ3) is 1.75. The number of hydrogen-bond donors (Lipinski definition) is 1. The highest BCUT2D eigenvalue weighted by molar-refractivity contribution is 9.10. The molecule has 4 nitrogen and oxygen atoms in total. The standard InChI is InChI=1S/C12H9BrO4/c13-9-3-6-1-2-10-8(4-7(14)5-16-10)11(6)17-12(9)15/h1-3,7,14H,4-5H2. The van der Waals surface area contributed by atoms with E-state index in [4.69, 9.17) is 9.15 Å². The molecule has 0 bridgehead atoms. The van der Waals surface area contributed by atoms with Gasteiger partial charge in [0.2, 0.25) is 0 Å². The summed E-state index contributed by atoms with van der Waals surface area (Å²) in [5.41, 5.74) is 0.825. The molecule has 0 radical (unpaired) electrons. The van der Waals surface area contributed by atoms with Crippen LogP contribution in [0.4, 0.5) is 0 Å². The predicted octanol–water partition coefficient (Wildman–Crippen LogP) is 1.85. The average Bonchev–Trinajstić information content (AvgIpc) is 2.31. The summed E-state index contributed by atoms with van der Waals surface area (Å²) in [6.45, 7) is 0.277. The van der Waals surface area contributed by atoms with Crippen molar-refractivity contribution in [3.05, 3.63) is 38.7 Å².